The van der Waals surface area contributed by atoms with E-state index in [4.69, 9.17) is 27.9 Å². The number of benzene rings is 2. The lowest BCUT2D eigenvalue weighted by Crippen LogP contribution is -2.06. The van der Waals surface area contributed by atoms with E-state index in [9.17, 15) is 9.70 Å². The van der Waals surface area contributed by atoms with Crippen LogP contribution in [0.5, 0.6) is 0 Å². The van der Waals surface area contributed by atoms with Crippen LogP contribution in [0.4, 0.5) is 0 Å². The maximum absolute atomic E-state index is 11.9. The summed E-state index contributed by atoms with van der Waals surface area (Å²) >= 11 is 13.9. The Morgan fingerprint density at radius 2 is 1.83 bits per heavy atom. The molecule has 0 fully saturated rings. The largest absolute Gasteiger partial charge is 0.462 e. The summed E-state index contributed by atoms with van der Waals surface area (Å²) in [4.78, 5) is 26.1. The van der Waals surface area contributed by atoms with Gasteiger partial charge in [-0.05, 0) is 31.0 Å². The predicted octanol–water partition coefficient (Wildman–Crippen LogP) is 7.34. The van der Waals surface area contributed by atoms with Crippen LogP contribution in [0.3, 0.4) is 0 Å². The van der Waals surface area contributed by atoms with Gasteiger partial charge in [-0.3, -0.25) is 0 Å². The molecule has 0 N–H and O–H groups in total. The fourth-order valence-electron chi connectivity index (χ4n) is 2.22. The number of ether oxygens (including phenoxy) is 1. The van der Waals surface area contributed by atoms with Crippen molar-refractivity contribution in [2.24, 2.45) is 5.34 Å². The second-order valence-electron chi connectivity index (χ2n) is 5.88. The number of halogens is 2. The normalized spacial score (nSPS) is 9.93. The third kappa shape index (κ3) is 10.0. The molecule has 0 spiro atoms. The molecule has 2 aromatic rings. The van der Waals surface area contributed by atoms with Gasteiger partial charge in [-0.15, -0.1) is 16.7 Å². The zero-order chi connectivity index (χ0) is 21.5. The molecule has 0 radical (unpaired) electrons. The average Bonchev–Trinajstić information content (AvgIpc) is 2.73. The summed E-state index contributed by atoms with van der Waals surface area (Å²) in [5.41, 5.74) is 1.48. The molecule has 0 amide bonds. The number of rotatable bonds is 10. The predicted molar refractivity (Wildman–Crippen MR) is 120 cm³/mol. The van der Waals surface area contributed by atoms with Gasteiger partial charge in [0.25, 0.3) is 0 Å². The van der Waals surface area contributed by atoms with Gasteiger partial charge in [-0.25, -0.2) is 4.79 Å². The van der Waals surface area contributed by atoms with Crippen LogP contribution in [-0.2, 0) is 15.3 Å². The summed E-state index contributed by atoms with van der Waals surface area (Å²) in [5, 5.41) is 3.12. The molecule has 0 aliphatic carbocycles. The third-order valence-corrected chi connectivity index (χ3v) is 5.48. The molecule has 0 unspecified atom stereocenters. The molecule has 5 nitrogen and oxygen atoms in total. The van der Waals surface area contributed by atoms with Gasteiger partial charge in [0.1, 0.15) is 6.61 Å². The lowest BCUT2D eigenvalue weighted by molar-refractivity contribution is 0.0526. The molecule has 8 heteroatoms. The van der Waals surface area contributed by atoms with Crippen LogP contribution in [0.2, 0.25) is 10.0 Å². The van der Waals surface area contributed by atoms with E-state index in [1.54, 1.807) is 13.0 Å². The van der Waals surface area contributed by atoms with Crippen LogP contribution in [0.25, 0.3) is 0 Å². The summed E-state index contributed by atoms with van der Waals surface area (Å²) in [6.07, 6.45) is 3.18. The van der Waals surface area contributed by atoms with Crippen molar-refractivity contribution in [1.82, 2.24) is 0 Å². The molecule has 2 rings (SSSR count). The van der Waals surface area contributed by atoms with E-state index in [-0.39, 0.29) is 0 Å². The van der Waals surface area contributed by atoms with Crippen LogP contribution in [0, 0.1) is 4.91 Å². The van der Waals surface area contributed by atoms with Crippen LogP contribution in [0.15, 0.2) is 52.7 Å². The van der Waals surface area contributed by atoms with Crippen molar-refractivity contribution in [3.8, 4) is 0 Å². The van der Waals surface area contributed by atoms with Gasteiger partial charge < -0.3 is 9.57 Å². The molecule has 158 valence electrons. The Morgan fingerprint density at radius 3 is 2.45 bits per heavy atom. The first kappa shape index (κ1) is 25.3. The fraction of sp³-hybridized carbons (Fsp3) is 0.381. The summed E-state index contributed by atoms with van der Waals surface area (Å²) in [5.74, 6) is 0.301. The minimum atomic E-state index is -0.452. The number of hydrogen-bond acceptors (Lipinski definition) is 6. The van der Waals surface area contributed by atoms with E-state index in [2.05, 4.69) is 17.1 Å². The molecular weight excluding hydrogens is 433 g/mol. The van der Waals surface area contributed by atoms with E-state index in [0.717, 1.165) is 29.9 Å². The Labute approximate surface area is 186 Å². The summed E-state index contributed by atoms with van der Waals surface area (Å²) in [6.45, 7) is 4.61. The molecule has 0 saturated heterocycles. The van der Waals surface area contributed by atoms with Crippen LogP contribution >= 0.6 is 35.0 Å². The standard InChI is InChI=1S/C16H14Cl2O2S.C5H11NO2/c1-2-20-16(19)13-8-12(17)9-14(15(13)18)21-10-11-6-4-3-5-7-11;1-2-3-4-5-8-6-7/h3-9H,2,10H2,1H3;2-5H2,1H3. The first-order chi connectivity index (χ1) is 14.0. The molecule has 0 aromatic heterocycles. The highest BCUT2D eigenvalue weighted by molar-refractivity contribution is 7.98. The number of carbonyl (C=O) groups excluding carboxylic acids is 1. The van der Waals surface area contributed by atoms with Crippen LogP contribution < -0.4 is 0 Å². The Balaban J connectivity index is 0.000000447. The van der Waals surface area contributed by atoms with Crippen molar-refractivity contribution in [1.29, 1.82) is 0 Å². The zero-order valence-corrected chi connectivity index (χ0v) is 18.9. The topological polar surface area (TPSA) is 65.0 Å². The first-order valence-corrected chi connectivity index (χ1v) is 11.0. The SMILES string of the molecule is CCCCCON=O.CCOC(=O)c1cc(Cl)cc(SCc2ccccc2)c1Cl. The van der Waals surface area contributed by atoms with Gasteiger partial charge in [-0.2, -0.15) is 0 Å². The van der Waals surface area contributed by atoms with E-state index in [1.165, 1.54) is 23.4 Å². The van der Waals surface area contributed by atoms with Crippen LogP contribution in [0.1, 0.15) is 49.0 Å². The molecular formula is C21H25Cl2NO4S. The van der Waals surface area contributed by atoms with E-state index < -0.39 is 5.97 Å². The Bertz CT molecular complexity index is 760. The first-order valence-electron chi connectivity index (χ1n) is 9.30. The van der Waals surface area contributed by atoms with E-state index in [1.807, 2.05) is 30.3 Å². The minimum Gasteiger partial charge on any atom is -0.462 e. The van der Waals surface area contributed by atoms with Gasteiger partial charge in [0.05, 0.1) is 17.2 Å². The highest BCUT2D eigenvalue weighted by Gasteiger charge is 2.16. The molecule has 0 saturated carbocycles. The molecule has 0 bridgehead atoms. The molecule has 0 aliphatic rings. The van der Waals surface area contributed by atoms with Crippen molar-refractivity contribution in [3.63, 3.8) is 0 Å². The fourth-order valence-corrected chi connectivity index (χ4v) is 3.81. The van der Waals surface area contributed by atoms with Gasteiger partial charge in [0.2, 0.25) is 0 Å². The molecule has 29 heavy (non-hydrogen) atoms. The second-order valence-corrected chi connectivity index (χ2v) is 7.71. The minimum absolute atomic E-state index is 0.300. The number of esters is 1. The molecule has 0 heterocycles. The van der Waals surface area contributed by atoms with Crippen molar-refractivity contribution in [3.05, 3.63) is 68.5 Å². The van der Waals surface area contributed by atoms with Gasteiger partial charge >= 0.3 is 5.97 Å². The average molecular weight is 458 g/mol. The maximum atomic E-state index is 11.9. The monoisotopic (exact) mass is 457 g/mol. The number of carbonyl (C=O) groups is 1. The number of thioether (sulfide) groups is 1. The smallest absolute Gasteiger partial charge is 0.339 e. The summed E-state index contributed by atoms with van der Waals surface area (Å²) in [7, 11) is 0. The van der Waals surface area contributed by atoms with Crippen molar-refractivity contribution in [2.45, 2.75) is 43.8 Å². The van der Waals surface area contributed by atoms with E-state index >= 15 is 0 Å². The Kier molecular flexibility index (Phi) is 13.2. The Morgan fingerprint density at radius 1 is 1.10 bits per heavy atom. The molecule has 0 atom stereocenters. The number of hydrogen-bond donors (Lipinski definition) is 0. The van der Waals surface area contributed by atoms with Crippen molar-refractivity contribution in [2.75, 3.05) is 13.2 Å². The quantitative estimate of drug-likeness (QED) is 0.123. The number of unbranched alkanes of at least 4 members (excludes halogenated alkanes) is 2. The summed E-state index contributed by atoms with van der Waals surface area (Å²) in [6, 6.07) is 13.3. The van der Waals surface area contributed by atoms with Gasteiger partial charge in [0.15, 0.2) is 5.34 Å². The van der Waals surface area contributed by atoms with Gasteiger partial charge in [-0.1, -0.05) is 73.3 Å². The maximum Gasteiger partial charge on any atom is 0.339 e. The highest BCUT2D eigenvalue weighted by Crippen LogP contribution is 2.35. The lowest BCUT2D eigenvalue weighted by Gasteiger charge is -2.10. The lowest BCUT2D eigenvalue weighted by atomic mass is 10.2. The zero-order valence-electron chi connectivity index (χ0n) is 16.5. The van der Waals surface area contributed by atoms with Crippen LogP contribution in [-0.4, -0.2) is 19.2 Å². The second kappa shape index (κ2) is 15.1. The third-order valence-electron chi connectivity index (χ3n) is 3.63. The molecule has 2 aromatic carbocycles. The van der Waals surface area contributed by atoms with Gasteiger partial charge in [0, 0.05) is 15.7 Å². The molecule has 0 aliphatic heterocycles. The highest BCUT2D eigenvalue weighted by atomic mass is 35.5. The number of nitrogens with zero attached hydrogens (tertiary/aromatic N) is 1. The Hall–Kier alpha value is -1.76. The van der Waals surface area contributed by atoms with Crippen molar-refractivity contribution >= 4 is 40.9 Å². The summed E-state index contributed by atoms with van der Waals surface area (Å²) < 4.78 is 4.99. The van der Waals surface area contributed by atoms with Crippen molar-refractivity contribution < 1.29 is 14.4 Å². The van der Waals surface area contributed by atoms with E-state index in [0.29, 0.717) is 28.8 Å².